The van der Waals surface area contributed by atoms with Crippen molar-refractivity contribution in [3.05, 3.63) is 52.8 Å². The number of nitrogens with one attached hydrogen (secondary N) is 1. The molecule has 0 radical (unpaired) electrons. The van der Waals surface area contributed by atoms with Crippen LogP contribution in [0.15, 0.2) is 41.3 Å². The topological polar surface area (TPSA) is 83.6 Å². The summed E-state index contributed by atoms with van der Waals surface area (Å²) in [6, 6.07) is 8.39. The van der Waals surface area contributed by atoms with Gasteiger partial charge >= 0.3 is 0 Å². The molecule has 29 heavy (non-hydrogen) atoms. The number of hydrogen-bond donors (Lipinski definition) is 1. The lowest BCUT2D eigenvalue weighted by atomic mass is 10.2. The van der Waals surface area contributed by atoms with Crippen molar-refractivity contribution < 1.29 is 22.4 Å². The smallest absolute Gasteiger partial charge is 0.225 e. The van der Waals surface area contributed by atoms with Crippen molar-refractivity contribution in [3.63, 3.8) is 0 Å². The second kappa shape index (κ2) is 8.12. The van der Waals surface area contributed by atoms with E-state index in [1.165, 1.54) is 32.0 Å². The standard InChI is InChI=1S/C20H20ClFN2O4S/c1-12(9-20(26)23-15-3-5-18(22)17(21)11-15)29(27,28)16-4-6-19-14(10-16)7-8-24(19)13(2)25/h3-6,10-12H,7-9H2,1-2H3,(H,23,26). The predicted molar refractivity (Wildman–Crippen MR) is 109 cm³/mol. The Bertz CT molecular complexity index is 1090. The molecule has 1 unspecified atom stereocenters. The summed E-state index contributed by atoms with van der Waals surface area (Å²) in [5.41, 5.74) is 1.79. The van der Waals surface area contributed by atoms with Gasteiger partial charge in [0.25, 0.3) is 0 Å². The molecular formula is C20H20ClFN2O4S. The molecule has 0 aromatic heterocycles. The Balaban J connectivity index is 1.73. The van der Waals surface area contributed by atoms with Gasteiger partial charge in [0.05, 0.1) is 15.2 Å². The first-order valence-electron chi connectivity index (χ1n) is 8.99. The van der Waals surface area contributed by atoms with E-state index in [0.717, 1.165) is 17.3 Å². The molecule has 1 aliphatic heterocycles. The van der Waals surface area contributed by atoms with Crippen molar-refractivity contribution in [2.24, 2.45) is 0 Å². The first kappa shape index (κ1) is 21.3. The van der Waals surface area contributed by atoms with Gasteiger partial charge in [-0.3, -0.25) is 9.59 Å². The molecule has 6 nitrogen and oxygen atoms in total. The average Bonchev–Trinajstić information content (AvgIpc) is 3.08. The van der Waals surface area contributed by atoms with Gasteiger partial charge in [0.2, 0.25) is 11.8 Å². The van der Waals surface area contributed by atoms with Crippen LogP contribution in [0, 0.1) is 5.82 Å². The molecule has 0 aliphatic carbocycles. The van der Waals surface area contributed by atoms with Crippen LogP contribution in [0.1, 0.15) is 25.8 Å². The molecule has 154 valence electrons. The Labute approximate surface area is 173 Å². The van der Waals surface area contributed by atoms with E-state index < -0.39 is 26.8 Å². The predicted octanol–water partition coefficient (Wildman–Crippen LogP) is 3.58. The Hall–Kier alpha value is -2.45. The van der Waals surface area contributed by atoms with Crippen molar-refractivity contribution >= 4 is 44.6 Å². The van der Waals surface area contributed by atoms with Crippen LogP contribution in [-0.2, 0) is 25.8 Å². The van der Waals surface area contributed by atoms with E-state index in [1.807, 2.05) is 0 Å². The number of carbonyl (C=O) groups is 2. The van der Waals surface area contributed by atoms with Crippen LogP contribution < -0.4 is 10.2 Å². The number of amides is 2. The summed E-state index contributed by atoms with van der Waals surface area (Å²) in [7, 11) is -3.75. The second-order valence-electron chi connectivity index (χ2n) is 6.95. The summed E-state index contributed by atoms with van der Waals surface area (Å²) in [6.45, 7) is 3.45. The van der Waals surface area contributed by atoms with Gasteiger partial charge in [0, 0.05) is 31.3 Å². The van der Waals surface area contributed by atoms with Gasteiger partial charge in [-0.1, -0.05) is 11.6 Å². The molecule has 2 aromatic rings. The molecule has 0 saturated heterocycles. The van der Waals surface area contributed by atoms with Gasteiger partial charge < -0.3 is 10.2 Å². The number of fused-ring (bicyclic) bond motifs is 1. The van der Waals surface area contributed by atoms with Gasteiger partial charge in [-0.15, -0.1) is 0 Å². The minimum absolute atomic E-state index is 0.0923. The minimum atomic E-state index is -3.75. The Morgan fingerprint density at radius 3 is 2.62 bits per heavy atom. The summed E-state index contributed by atoms with van der Waals surface area (Å²) in [6.07, 6.45) is 0.312. The highest BCUT2D eigenvalue weighted by molar-refractivity contribution is 7.92. The number of nitrogens with zero attached hydrogens (tertiary/aromatic N) is 1. The van der Waals surface area contributed by atoms with Crippen LogP contribution in [0.4, 0.5) is 15.8 Å². The van der Waals surface area contributed by atoms with Crippen molar-refractivity contribution in [1.82, 2.24) is 0 Å². The summed E-state index contributed by atoms with van der Waals surface area (Å²) in [5.74, 6) is -1.22. The normalized spacial score (nSPS) is 14.4. The maximum atomic E-state index is 13.2. The summed E-state index contributed by atoms with van der Waals surface area (Å²) < 4.78 is 39.0. The fourth-order valence-electron chi connectivity index (χ4n) is 3.27. The lowest BCUT2D eigenvalue weighted by Crippen LogP contribution is -2.26. The molecule has 1 aliphatic rings. The first-order chi connectivity index (χ1) is 13.6. The number of sulfone groups is 1. The Morgan fingerprint density at radius 1 is 1.24 bits per heavy atom. The van der Waals surface area contributed by atoms with Gasteiger partial charge in [-0.2, -0.15) is 0 Å². The molecule has 1 heterocycles. The van der Waals surface area contributed by atoms with Gasteiger partial charge in [0.15, 0.2) is 9.84 Å². The van der Waals surface area contributed by atoms with Crippen molar-refractivity contribution in [2.45, 2.75) is 36.8 Å². The molecular weight excluding hydrogens is 419 g/mol. The van der Waals surface area contributed by atoms with Crippen molar-refractivity contribution in [1.29, 1.82) is 0 Å². The third-order valence-corrected chi connectivity index (χ3v) is 7.29. The van der Waals surface area contributed by atoms with E-state index >= 15 is 0 Å². The molecule has 9 heteroatoms. The minimum Gasteiger partial charge on any atom is -0.326 e. The maximum absolute atomic E-state index is 13.2. The summed E-state index contributed by atoms with van der Waals surface area (Å²) >= 11 is 5.69. The molecule has 2 amide bonds. The highest BCUT2D eigenvalue weighted by Crippen LogP contribution is 2.31. The number of halogens is 2. The molecule has 3 rings (SSSR count). The van der Waals surface area contributed by atoms with Crippen LogP contribution in [-0.4, -0.2) is 32.0 Å². The summed E-state index contributed by atoms with van der Waals surface area (Å²) in [4.78, 5) is 25.6. The maximum Gasteiger partial charge on any atom is 0.225 e. The molecule has 1 N–H and O–H groups in total. The third-order valence-electron chi connectivity index (χ3n) is 4.86. The highest BCUT2D eigenvalue weighted by Gasteiger charge is 2.29. The van der Waals surface area contributed by atoms with Gasteiger partial charge in [-0.25, -0.2) is 12.8 Å². The SMILES string of the molecule is CC(=O)N1CCc2cc(S(=O)(=O)C(C)CC(=O)Nc3ccc(F)c(Cl)c3)ccc21. The third kappa shape index (κ3) is 4.43. The molecule has 0 spiro atoms. The van der Waals surface area contributed by atoms with Crippen LogP contribution in [0.2, 0.25) is 5.02 Å². The quantitative estimate of drug-likeness (QED) is 0.773. The Kier molecular flexibility index (Phi) is 5.95. The molecule has 0 saturated carbocycles. The van der Waals surface area contributed by atoms with Gasteiger partial charge in [0.1, 0.15) is 5.82 Å². The molecule has 1 atom stereocenters. The zero-order chi connectivity index (χ0) is 21.3. The van der Waals surface area contributed by atoms with Crippen LogP contribution in [0.5, 0.6) is 0 Å². The van der Waals surface area contributed by atoms with E-state index in [1.54, 1.807) is 17.0 Å². The second-order valence-corrected chi connectivity index (χ2v) is 9.72. The zero-order valence-electron chi connectivity index (χ0n) is 15.9. The van der Waals surface area contributed by atoms with E-state index in [0.29, 0.717) is 13.0 Å². The molecule has 0 fully saturated rings. The number of hydrogen-bond acceptors (Lipinski definition) is 4. The Morgan fingerprint density at radius 2 is 1.97 bits per heavy atom. The van der Waals surface area contributed by atoms with Crippen LogP contribution >= 0.6 is 11.6 Å². The lowest BCUT2D eigenvalue weighted by molar-refractivity contribution is -0.117. The average molecular weight is 439 g/mol. The monoisotopic (exact) mass is 438 g/mol. The molecule has 2 aromatic carbocycles. The van der Waals surface area contributed by atoms with Crippen LogP contribution in [0.3, 0.4) is 0 Å². The van der Waals surface area contributed by atoms with E-state index in [-0.39, 0.29) is 27.9 Å². The number of rotatable bonds is 5. The fraction of sp³-hybridized carbons (Fsp3) is 0.300. The lowest BCUT2D eigenvalue weighted by Gasteiger charge is -2.16. The highest BCUT2D eigenvalue weighted by atomic mass is 35.5. The van der Waals surface area contributed by atoms with Crippen molar-refractivity contribution in [3.8, 4) is 0 Å². The largest absolute Gasteiger partial charge is 0.326 e. The van der Waals surface area contributed by atoms with E-state index in [4.69, 9.17) is 11.6 Å². The van der Waals surface area contributed by atoms with E-state index in [9.17, 15) is 22.4 Å². The fourth-order valence-corrected chi connectivity index (χ4v) is 4.85. The van der Waals surface area contributed by atoms with E-state index in [2.05, 4.69) is 5.32 Å². The first-order valence-corrected chi connectivity index (χ1v) is 10.9. The molecule has 0 bridgehead atoms. The number of benzene rings is 2. The number of carbonyl (C=O) groups excluding carboxylic acids is 2. The van der Waals surface area contributed by atoms with Crippen molar-refractivity contribution in [2.75, 3.05) is 16.8 Å². The summed E-state index contributed by atoms with van der Waals surface area (Å²) in [5, 5.41) is 1.42. The number of anilines is 2. The van der Waals surface area contributed by atoms with Crippen LogP contribution in [0.25, 0.3) is 0 Å². The van der Waals surface area contributed by atoms with Gasteiger partial charge in [-0.05, 0) is 55.3 Å². The zero-order valence-corrected chi connectivity index (χ0v) is 17.5.